The molecular weight excluding hydrogens is 972 g/mol. The van der Waals surface area contributed by atoms with Crippen LogP contribution in [0.1, 0.15) is 56.7 Å². The molecule has 4 aromatic carbocycles. The Bertz CT molecular complexity index is 2620. The lowest BCUT2D eigenvalue weighted by Crippen LogP contribution is -2.54. The Morgan fingerprint density at radius 1 is 0.710 bits per heavy atom. The molecule has 6 amide bonds. The highest BCUT2D eigenvalue weighted by Crippen LogP contribution is 2.33. The van der Waals surface area contributed by atoms with Crippen molar-refractivity contribution in [3.63, 3.8) is 0 Å². The van der Waals surface area contributed by atoms with Crippen molar-refractivity contribution in [2.75, 3.05) is 64.6 Å². The highest BCUT2D eigenvalue weighted by molar-refractivity contribution is 6.42. The number of imide groups is 2. The van der Waals surface area contributed by atoms with Crippen LogP contribution in [0.2, 0.25) is 20.1 Å². The third kappa shape index (κ3) is 13.2. The minimum Gasteiger partial charge on any atom is -0.382 e. The largest absolute Gasteiger partial charge is 0.382 e. The maximum atomic E-state index is 14.5. The molecule has 15 nitrogen and oxygen atoms in total. The van der Waals surface area contributed by atoms with Crippen molar-refractivity contribution in [1.82, 2.24) is 20.4 Å². The van der Waals surface area contributed by atoms with Crippen LogP contribution < -0.4 is 16.0 Å². The topological polar surface area (TPSA) is 190 Å². The van der Waals surface area contributed by atoms with Gasteiger partial charge in [-0.2, -0.15) is 0 Å². The number of likely N-dealkylation sites (tertiary alicyclic amines) is 1. The molecule has 3 heterocycles. The summed E-state index contributed by atoms with van der Waals surface area (Å²) in [6, 6.07) is 22.0. The number of carbonyl (C=O) groups excluding carboxylic acids is 7. The molecule has 0 radical (unpaired) electrons. The number of Topliss-reactive ketones (excluding diaryl/α,β-unsaturated/α-hetero) is 1. The van der Waals surface area contributed by atoms with Crippen LogP contribution in [0.4, 0.5) is 5.69 Å². The van der Waals surface area contributed by atoms with Crippen molar-refractivity contribution in [2.24, 2.45) is 0 Å². The standard InChI is InChI=1S/C50H47Cl4N5O10/c51-36-11-9-31(25-38(36)53)23-33-28-58(29-34(46(33)62)24-32-10-12-37(52)39(54)26-32)49(65)41(27-30-5-2-1-3-6-30)56-44(61)15-17-67-19-21-69-22-20-68-18-16-55-40-8-4-7-35-45(40)50(66)59(48(35)64)42-13-14-43(60)57-47(42)63/h1-12,23-26,41-42,55H,13-22,27-29H2,(H,56,61)(H,57,60,63)/b33-23+,34-24+/t41-,42?/m0/s1. The molecule has 0 bridgehead atoms. The molecule has 0 spiro atoms. The summed E-state index contributed by atoms with van der Waals surface area (Å²) in [5, 5.41) is 9.54. The molecule has 2 saturated heterocycles. The molecule has 19 heteroatoms. The summed E-state index contributed by atoms with van der Waals surface area (Å²) in [7, 11) is 0. The number of nitrogens with zero attached hydrogens (tertiary/aromatic N) is 2. The van der Waals surface area contributed by atoms with Crippen LogP contribution in [0, 0.1) is 0 Å². The fourth-order valence-electron chi connectivity index (χ4n) is 7.97. The highest BCUT2D eigenvalue weighted by atomic mass is 35.5. The SMILES string of the molecule is O=C1CCC(N2C(=O)c3cccc(NCCOCCOCCOCCC(=O)N[C@@H](Cc4ccccc4)C(=O)N4C/C(=C\c5ccc(Cl)c(Cl)c5)C(=O)/C(=C/c5ccc(Cl)c(Cl)c5)C4)c3C2=O)C(=O)N1. The van der Waals surface area contributed by atoms with Gasteiger partial charge in [0, 0.05) is 55.7 Å². The van der Waals surface area contributed by atoms with Crippen molar-refractivity contribution >= 4 is 105 Å². The van der Waals surface area contributed by atoms with Gasteiger partial charge in [0.15, 0.2) is 5.78 Å². The zero-order valence-electron chi connectivity index (χ0n) is 37.1. The number of carbonyl (C=O) groups is 7. The van der Waals surface area contributed by atoms with Crippen molar-refractivity contribution in [3.8, 4) is 0 Å². The molecule has 7 rings (SSSR count). The first-order chi connectivity index (χ1) is 33.3. The zero-order chi connectivity index (χ0) is 49.0. The van der Waals surface area contributed by atoms with E-state index >= 15 is 0 Å². The van der Waals surface area contributed by atoms with E-state index in [4.69, 9.17) is 60.6 Å². The van der Waals surface area contributed by atoms with Crippen LogP contribution in [0.5, 0.6) is 0 Å². The molecule has 69 heavy (non-hydrogen) atoms. The normalized spacial score (nSPS) is 17.6. The van der Waals surface area contributed by atoms with Gasteiger partial charge in [-0.1, -0.05) is 94.9 Å². The van der Waals surface area contributed by atoms with Crippen LogP contribution >= 0.6 is 46.4 Å². The molecule has 4 aromatic rings. The van der Waals surface area contributed by atoms with Gasteiger partial charge in [0.05, 0.1) is 70.9 Å². The fraction of sp³-hybridized carbons (Fsp3) is 0.300. The second kappa shape index (κ2) is 24.1. The predicted octanol–water partition coefficient (Wildman–Crippen LogP) is 6.86. The molecule has 1 unspecified atom stereocenters. The van der Waals surface area contributed by atoms with Gasteiger partial charge in [-0.15, -0.1) is 0 Å². The van der Waals surface area contributed by atoms with Crippen LogP contribution in [-0.4, -0.2) is 122 Å². The molecular formula is C50H47Cl4N5O10. The van der Waals surface area contributed by atoms with Crippen LogP contribution in [0.25, 0.3) is 12.2 Å². The number of halogens is 4. The monoisotopic (exact) mass is 1020 g/mol. The number of hydrogen-bond donors (Lipinski definition) is 3. The summed E-state index contributed by atoms with van der Waals surface area (Å²) in [4.78, 5) is 94.6. The number of rotatable bonds is 20. The lowest BCUT2D eigenvalue weighted by atomic mass is 9.93. The highest BCUT2D eigenvalue weighted by Gasteiger charge is 2.45. The smallest absolute Gasteiger partial charge is 0.264 e. The lowest BCUT2D eigenvalue weighted by Gasteiger charge is -2.33. The number of amides is 6. The Hall–Kier alpha value is -5.91. The maximum Gasteiger partial charge on any atom is 0.264 e. The molecule has 0 aliphatic carbocycles. The van der Waals surface area contributed by atoms with Gasteiger partial charge in [-0.05, 0) is 71.7 Å². The van der Waals surface area contributed by atoms with Gasteiger partial charge < -0.3 is 29.7 Å². The van der Waals surface area contributed by atoms with Crippen molar-refractivity contribution in [3.05, 3.63) is 144 Å². The summed E-state index contributed by atoms with van der Waals surface area (Å²) < 4.78 is 16.9. The molecule has 360 valence electrons. The minimum absolute atomic E-state index is 0.0297. The van der Waals surface area contributed by atoms with Crippen molar-refractivity contribution < 1.29 is 47.8 Å². The number of ether oxygens (including phenoxy) is 3. The number of piperidine rings is 2. The number of fused-ring (bicyclic) bond motifs is 1. The number of nitrogens with one attached hydrogen (secondary N) is 3. The van der Waals surface area contributed by atoms with E-state index < -0.39 is 41.6 Å². The third-order valence-corrected chi connectivity index (χ3v) is 12.8. The van der Waals surface area contributed by atoms with E-state index in [1.807, 2.05) is 30.3 Å². The molecule has 2 atom stereocenters. The van der Waals surface area contributed by atoms with Crippen LogP contribution in [0.3, 0.4) is 0 Å². The molecule has 2 fully saturated rings. The van der Waals surface area contributed by atoms with Crippen LogP contribution in [-0.2, 0) is 44.6 Å². The molecule has 3 N–H and O–H groups in total. The average Bonchev–Trinajstić information content (AvgIpc) is 3.58. The van der Waals surface area contributed by atoms with Gasteiger partial charge in [0.1, 0.15) is 12.1 Å². The van der Waals surface area contributed by atoms with Gasteiger partial charge in [0.2, 0.25) is 23.6 Å². The summed E-state index contributed by atoms with van der Waals surface area (Å²) in [6.45, 7) is 1.54. The number of ketones is 1. The van der Waals surface area contributed by atoms with Gasteiger partial charge >= 0.3 is 0 Å². The van der Waals surface area contributed by atoms with Crippen molar-refractivity contribution in [2.45, 2.75) is 37.8 Å². The third-order valence-electron chi connectivity index (χ3n) is 11.3. The first kappa shape index (κ1) is 51.0. The Morgan fingerprint density at radius 2 is 1.32 bits per heavy atom. The molecule has 0 aromatic heterocycles. The Balaban J connectivity index is 0.865. The number of benzene rings is 4. The van der Waals surface area contributed by atoms with Gasteiger partial charge in [-0.3, -0.25) is 43.8 Å². The molecule has 3 aliphatic rings. The summed E-state index contributed by atoms with van der Waals surface area (Å²) in [5.41, 5.74) is 3.48. The number of anilines is 1. The Kier molecular flexibility index (Phi) is 17.8. The fourth-order valence-corrected chi connectivity index (χ4v) is 8.58. The lowest BCUT2D eigenvalue weighted by molar-refractivity contribution is -0.137. The van der Waals surface area contributed by atoms with E-state index in [1.165, 1.54) is 11.0 Å². The van der Waals surface area contributed by atoms with E-state index in [9.17, 15) is 33.6 Å². The Morgan fingerprint density at radius 3 is 1.93 bits per heavy atom. The van der Waals surface area contributed by atoms with Gasteiger partial charge in [0.25, 0.3) is 11.8 Å². The van der Waals surface area contributed by atoms with E-state index in [0.717, 1.165) is 10.5 Å². The zero-order valence-corrected chi connectivity index (χ0v) is 40.1. The Labute approximate surface area is 418 Å². The second-order valence-electron chi connectivity index (χ2n) is 16.2. The summed E-state index contributed by atoms with van der Waals surface area (Å²) in [5.74, 6) is -3.36. The predicted molar refractivity (Wildman–Crippen MR) is 261 cm³/mol. The van der Waals surface area contributed by atoms with E-state index in [-0.39, 0.29) is 101 Å². The average molecular weight is 1020 g/mol. The van der Waals surface area contributed by atoms with E-state index in [0.29, 0.717) is 54.6 Å². The molecule has 0 saturated carbocycles. The van der Waals surface area contributed by atoms with Crippen LogP contribution in [0.15, 0.2) is 96.1 Å². The summed E-state index contributed by atoms with van der Waals surface area (Å²) >= 11 is 24.9. The maximum absolute atomic E-state index is 14.5. The van der Waals surface area contributed by atoms with Crippen molar-refractivity contribution in [1.29, 1.82) is 0 Å². The second-order valence-corrected chi connectivity index (χ2v) is 17.8. The van der Waals surface area contributed by atoms with Gasteiger partial charge in [-0.25, -0.2) is 0 Å². The van der Waals surface area contributed by atoms with E-state index in [2.05, 4.69) is 16.0 Å². The minimum atomic E-state index is -1.06. The summed E-state index contributed by atoms with van der Waals surface area (Å²) in [6.07, 6.45) is 3.60. The number of hydrogen-bond acceptors (Lipinski definition) is 11. The molecule has 3 aliphatic heterocycles. The first-order valence-corrected chi connectivity index (χ1v) is 23.6. The quantitative estimate of drug-likeness (QED) is 0.0477. The first-order valence-electron chi connectivity index (χ1n) is 22.1. The van der Waals surface area contributed by atoms with E-state index in [1.54, 1.807) is 60.7 Å².